The Kier molecular flexibility index (Phi) is 5.84. The summed E-state index contributed by atoms with van der Waals surface area (Å²) in [6.07, 6.45) is -0.0313. The van der Waals surface area contributed by atoms with Gasteiger partial charge in [-0.3, -0.25) is 4.79 Å². The Morgan fingerprint density at radius 1 is 1.41 bits per heavy atom. The summed E-state index contributed by atoms with van der Waals surface area (Å²) in [5, 5.41) is 0. The van der Waals surface area contributed by atoms with Crippen LogP contribution in [0.4, 0.5) is 5.69 Å². The smallest absolute Gasteiger partial charge is 0.308 e. The molecule has 94 valence electrons. The monoisotopic (exact) mass is 255 g/mol. The lowest BCUT2D eigenvalue weighted by molar-refractivity contribution is -0.147. The lowest BCUT2D eigenvalue weighted by Gasteiger charge is -2.29. The highest BCUT2D eigenvalue weighted by Crippen LogP contribution is 2.16. The molecule has 1 atom stereocenters. The lowest BCUT2D eigenvalue weighted by atomic mass is 10.3. The van der Waals surface area contributed by atoms with Crippen LogP contribution in [0.25, 0.3) is 0 Å². The fourth-order valence-corrected chi connectivity index (χ4v) is 1.81. The molecule has 0 heterocycles. The van der Waals surface area contributed by atoms with Gasteiger partial charge in [0.1, 0.15) is 0 Å². The van der Waals surface area contributed by atoms with Gasteiger partial charge in [0.25, 0.3) is 0 Å². The van der Waals surface area contributed by atoms with E-state index in [1.807, 2.05) is 49.1 Å². The number of benzene rings is 1. The number of alkyl halides is 1. The second-order valence-electron chi connectivity index (χ2n) is 3.65. The van der Waals surface area contributed by atoms with E-state index in [2.05, 4.69) is 0 Å². The maximum Gasteiger partial charge on any atom is 0.308 e. The molecule has 4 heteroatoms. The standard InChI is InChI=1S/C13H18ClNO2/c1-3-15(12-7-5-4-6-8-12)11(2)17-13(16)9-10-14/h4-8,11H,3,9-10H2,1-2H3. The van der Waals surface area contributed by atoms with Crippen molar-refractivity contribution in [3.05, 3.63) is 30.3 Å². The van der Waals surface area contributed by atoms with Crippen molar-refractivity contribution in [2.75, 3.05) is 17.3 Å². The second-order valence-corrected chi connectivity index (χ2v) is 4.03. The second kappa shape index (κ2) is 7.17. The van der Waals surface area contributed by atoms with Crippen molar-refractivity contribution in [3.8, 4) is 0 Å². The molecular formula is C13H18ClNO2. The maximum absolute atomic E-state index is 11.4. The zero-order valence-corrected chi connectivity index (χ0v) is 11.0. The summed E-state index contributed by atoms with van der Waals surface area (Å²) < 4.78 is 5.30. The molecule has 1 unspecified atom stereocenters. The van der Waals surface area contributed by atoms with Crippen LogP contribution in [0.3, 0.4) is 0 Å². The third kappa shape index (κ3) is 4.27. The van der Waals surface area contributed by atoms with Crippen molar-refractivity contribution in [2.24, 2.45) is 0 Å². The number of anilines is 1. The largest absolute Gasteiger partial charge is 0.442 e. The number of ether oxygens (including phenoxy) is 1. The molecule has 0 amide bonds. The SMILES string of the molecule is CCN(c1ccccc1)C(C)OC(=O)CCCl. The van der Waals surface area contributed by atoms with Crippen molar-refractivity contribution in [3.63, 3.8) is 0 Å². The number of hydrogen-bond acceptors (Lipinski definition) is 3. The van der Waals surface area contributed by atoms with E-state index in [4.69, 9.17) is 16.3 Å². The average Bonchev–Trinajstić information content (AvgIpc) is 2.31. The highest BCUT2D eigenvalue weighted by atomic mass is 35.5. The van der Waals surface area contributed by atoms with Crippen molar-refractivity contribution in [1.29, 1.82) is 0 Å². The molecule has 0 spiro atoms. The molecule has 1 aromatic rings. The number of halogens is 1. The molecule has 0 aliphatic rings. The molecule has 1 rings (SSSR count). The molecule has 0 aliphatic carbocycles. The molecule has 0 aromatic heterocycles. The van der Waals surface area contributed by atoms with Crippen molar-refractivity contribution in [1.82, 2.24) is 0 Å². The molecule has 0 saturated carbocycles. The molecule has 0 radical (unpaired) electrons. The van der Waals surface area contributed by atoms with E-state index in [0.29, 0.717) is 5.88 Å². The number of rotatable bonds is 6. The fourth-order valence-electron chi connectivity index (χ4n) is 1.66. The van der Waals surface area contributed by atoms with Gasteiger partial charge in [-0.05, 0) is 26.0 Å². The molecule has 17 heavy (non-hydrogen) atoms. The van der Waals surface area contributed by atoms with Crippen LogP contribution >= 0.6 is 11.6 Å². The Morgan fingerprint density at radius 2 is 2.06 bits per heavy atom. The molecule has 0 N–H and O–H groups in total. The molecule has 0 fully saturated rings. The Bertz CT molecular complexity index is 343. The molecule has 3 nitrogen and oxygen atoms in total. The fraction of sp³-hybridized carbons (Fsp3) is 0.462. The van der Waals surface area contributed by atoms with E-state index in [-0.39, 0.29) is 18.6 Å². The van der Waals surface area contributed by atoms with Gasteiger partial charge in [0.15, 0.2) is 6.23 Å². The van der Waals surface area contributed by atoms with Gasteiger partial charge in [0.05, 0.1) is 6.42 Å². The summed E-state index contributed by atoms with van der Waals surface area (Å²) in [6.45, 7) is 4.67. The summed E-state index contributed by atoms with van der Waals surface area (Å²) >= 11 is 5.50. The van der Waals surface area contributed by atoms with Gasteiger partial charge in [-0.2, -0.15) is 0 Å². The first-order valence-electron chi connectivity index (χ1n) is 5.76. The number of hydrogen-bond donors (Lipinski definition) is 0. The Morgan fingerprint density at radius 3 is 2.59 bits per heavy atom. The highest BCUT2D eigenvalue weighted by molar-refractivity contribution is 6.18. The van der Waals surface area contributed by atoms with E-state index in [1.165, 1.54) is 0 Å². The van der Waals surface area contributed by atoms with Crippen molar-refractivity contribution in [2.45, 2.75) is 26.5 Å². The minimum atomic E-state index is -0.280. The first kappa shape index (κ1) is 13.8. The summed E-state index contributed by atoms with van der Waals surface area (Å²) in [4.78, 5) is 13.4. The van der Waals surface area contributed by atoms with Crippen molar-refractivity contribution >= 4 is 23.3 Å². The van der Waals surface area contributed by atoms with Gasteiger partial charge < -0.3 is 9.64 Å². The minimum Gasteiger partial charge on any atom is -0.442 e. The third-order valence-electron chi connectivity index (χ3n) is 2.47. The topological polar surface area (TPSA) is 29.5 Å². The van der Waals surface area contributed by atoms with E-state index < -0.39 is 0 Å². The molecular weight excluding hydrogens is 238 g/mol. The Balaban J connectivity index is 2.65. The summed E-state index contributed by atoms with van der Waals surface area (Å²) in [7, 11) is 0. The van der Waals surface area contributed by atoms with Gasteiger partial charge in [-0.15, -0.1) is 11.6 Å². The molecule has 0 bridgehead atoms. The number of carbonyl (C=O) groups excluding carboxylic acids is 1. The van der Waals surface area contributed by atoms with E-state index in [9.17, 15) is 4.79 Å². The van der Waals surface area contributed by atoms with Crippen LogP contribution in [-0.4, -0.2) is 24.6 Å². The highest BCUT2D eigenvalue weighted by Gasteiger charge is 2.16. The predicted octanol–water partition coefficient (Wildman–Crippen LogP) is 3.03. The zero-order valence-electron chi connectivity index (χ0n) is 10.2. The maximum atomic E-state index is 11.4. The molecule has 1 aromatic carbocycles. The van der Waals surface area contributed by atoms with Crippen LogP contribution < -0.4 is 4.90 Å². The minimum absolute atomic E-state index is 0.248. The Labute approximate surface area is 107 Å². The molecule has 0 aliphatic heterocycles. The van der Waals surface area contributed by atoms with Gasteiger partial charge >= 0.3 is 5.97 Å². The predicted molar refractivity (Wildman–Crippen MR) is 70.4 cm³/mol. The normalized spacial score (nSPS) is 11.9. The zero-order chi connectivity index (χ0) is 12.7. The summed E-state index contributed by atoms with van der Waals surface area (Å²) in [5.41, 5.74) is 1.04. The number of carbonyl (C=O) groups is 1. The third-order valence-corrected chi connectivity index (χ3v) is 2.66. The van der Waals surface area contributed by atoms with Gasteiger partial charge in [-0.25, -0.2) is 0 Å². The van der Waals surface area contributed by atoms with Crippen LogP contribution in [0.15, 0.2) is 30.3 Å². The van der Waals surface area contributed by atoms with Gasteiger partial charge in [0, 0.05) is 18.1 Å². The van der Waals surface area contributed by atoms with Crippen LogP contribution in [0, 0.1) is 0 Å². The van der Waals surface area contributed by atoms with Crippen LogP contribution in [0.2, 0.25) is 0 Å². The number of para-hydroxylation sites is 1. The van der Waals surface area contributed by atoms with Crippen LogP contribution in [-0.2, 0) is 9.53 Å². The van der Waals surface area contributed by atoms with E-state index in [1.54, 1.807) is 0 Å². The van der Waals surface area contributed by atoms with E-state index in [0.717, 1.165) is 12.2 Å². The summed E-state index contributed by atoms with van der Waals surface area (Å²) in [6, 6.07) is 9.88. The van der Waals surface area contributed by atoms with Crippen LogP contribution in [0.1, 0.15) is 20.3 Å². The number of nitrogens with zero attached hydrogens (tertiary/aromatic N) is 1. The number of esters is 1. The lowest BCUT2D eigenvalue weighted by Crippen LogP contribution is -2.36. The van der Waals surface area contributed by atoms with Crippen molar-refractivity contribution < 1.29 is 9.53 Å². The molecule has 0 saturated heterocycles. The van der Waals surface area contributed by atoms with Crippen LogP contribution in [0.5, 0.6) is 0 Å². The van der Waals surface area contributed by atoms with E-state index >= 15 is 0 Å². The quantitative estimate of drug-likeness (QED) is 0.445. The average molecular weight is 256 g/mol. The first-order valence-corrected chi connectivity index (χ1v) is 6.29. The summed E-state index contributed by atoms with van der Waals surface area (Å²) in [5.74, 6) is 0.0325. The van der Waals surface area contributed by atoms with Gasteiger partial charge in [-0.1, -0.05) is 18.2 Å². The first-order chi connectivity index (χ1) is 8.19. The Hall–Kier alpha value is -1.22. The van der Waals surface area contributed by atoms with Gasteiger partial charge in [0.2, 0.25) is 0 Å².